The topological polar surface area (TPSA) is 58.1 Å². The zero-order valence-electron chi connectivity index (χ0n) is 15.2. The predicted octanol–water partition coefficient (Wildman–Crippen LogP) is 4.08. The first-order valence-corrected chi connectivity index (χ1v) is 11.0. The number of hydrogen-bond acceptors (Lipinski definition) is 6. The van der Waals surface area contributed by atoms with Gasteiger partial charge in [-0.25, -0.2) is 0 Å². The van der Waals surface area contributed by atoms with Crippen molar-refractivity contribution in [3.63, 3.8) is 0 Å². The Morgan fingerprint density at radius 1 is 1.23 bits per heavy atom. The summed E-state index contributed by atoms with van der Waals surface area (Å²) in [5.74, 6) is 0.627. The highest BCUT2D eigenvalue weighted by Gasteiger charge is 2.22. The van der Waals surface area contributed by atoms with Crippen LogP contribution < -0.4 is 5.32 Å². The lowest BCUT2D eigenvalue weighted by Crippen LogP contribution is -2.39. The van der Waals surface area contributed by atoms with Gasteiger partial charge in [0.1, 0.15) is 0 Å². The maximum atomic E-state index is 12.4. The number of carbonyl (C=O) groups excluding carboxylic acids is 1. The molecule has 1 saturated carbocycles. The van der Waals surface area contributed by atoms with Crippen molar-refractivity contribution in [1.82, 2.24) is 15.1 Å². The number of thioether (sulfide) groups is 1. The minimum Gasteiger partial charge on any atom is -0.360 e. The van der Waals surface area contributed by atoms with Crippen molar-refractivity contribution in [3.05, 3.63) is 35.9 Å². The van der Waals surface area contributed by atoms with Crippen molar-refractivity contribution in [2.24, 2.45) is 0 Å². The summed E-state index contributed by atoms with van der Waals surface area (Å²) < 4.78 is 0.845. The summed E-state index contributed by atoms with van der Waals surface area (Å²) in [5.41, 5.74) is 1.30. The lowest BCUT2D eigenvalue weighted by molar-refractivity contribution is -0.129. The van der Waals surface area contributed by atoms with Crippen LogP contribution in [0.1, 0.15) is 37.7 Å². The summed E-state index contributed by atoms with van der Waals surface area (Å²) >= 11 is 3.00. The van der Waals surface area contributed by atoms with Crippen molar-refractivity contribution < 1.29 is 4.79 Å². The zero-order chi connectivity index (χ0) is 18.2. The molecule has 5 nitrogen and oxygen atoms in total. The van der Waals surface area contributed by atoms with Crippen LogP contribution in [0.25, 0.3) is 0 Å². The third-order valence-electron chi connectivity index (χ3n) is 4.77. The van der Waals surface area contributed by atoms with Crippen molar-refractivity contribution in [1.29, 1.82) is 0 Å². The molecule has 1 aliphatic carbocycles. The zero-order valence-corrected chi connectivity index (χ0v) is 16.8. The average molecular weight is 391 g/mol. The van der Waals surface area contributed by atoms with Crippen molar-refractivity contribution in [2.75, 3.05) is 24.7 Å². The summed E-state index contributed by atoms with van der Waals surface area (Å²) in [7, 11) is 1.94. The molecule has 1 aliphatic rings. The van der Waals surface area contributed by atoms with Crippen LogP contribution in [-0.4, -0.2) is 46.4 Å². The van der Waals surface area contributed by atoms with E-state index in [1.807, 2.05) is 18.0 Å². The first-order chi connectivity index (χ1) is 12.7. The van der Waals surface area contributed by atoms with E-state index in [0.717, 1.165) is 35.3 Å². The molecule has 2 aromatic rings. The summed E-state index contributed by atoms with van der Waals surface area (Å²) in [6.07, 6.45) is 7.02. The van der Waals surface area contributed by atoms with E-state index < -0.39 is 0 Å². The summed E-state index contributed by atoms with van der Waals surface area (Å²) in [6, 6.07) is 10.8. The maximum absolute atomic E-state index is 12.4. The number of amides is 1. The Morgan fingerprint density at radius 2 is 2.00 bits per heavy atom. The highest BCUT2D eigenvalue weighted by atomic mass is 32.2. The smallest absolute Gasteiger partial charge is 0.233 e. The number of rotatable bonds is 8. The van der Waals surface area contributed by atoms with E-state index in [0.29, 0.717) is 11.8 Å². The Hall–Kier alpha value is -1.60. The Bertz CT molecular complexity index is 686. The van der Waals surface area contributed by atoms with Gasteiger partial charge < -0.3 is 10.2 Å². The molecule has 0 radical (unpaired) electrons. The lowest BCUT2D eigenvalue weighted by atomic mass is 9.94. The van der Waals surface area contributed by atoms with E-state index in [1.54, 1.807) is 0 Å². The van der Waals surface area contributed by atoms with Crippen LogP contribution in [0, 0.1) is 0 Å². The van der Waals surface area contributed by atoms with Crippen molar-refractivity contribution in [3.8, 4) is 0 Å². The number of hydrogen-bond donors (Lipinski definition) is 1. The van der Waals surface area contributed by atoms with Gasteiger partial charge in [-0.05, 0) is 24.8 Å². The van der Waals surface area contributed by atoms with Gasteiger partial charge in [0.25, 0.3) is 0 Å². The molecule has 3 rings (SSSR count). The number of nitrogens with zero attached hydrogens (tertiary/aromatic N) is 3. The third kappa shape index (κ3) is 5.71. The lowest BCUT2D eigenvalue weighted by Gasteiger charge is -2.31. The first kappa shape index (κ1) is 19.2. The van der Waals surface area contributed by atoms with Gasteiger partial charge >= 0.3 is 0 Å². The summed E-state index contributed by atoms with van der Waals surface area (Å²) in [4.78, 5) is 14.3. The minimum atomic E-state index is 0.190. The first-order valence-electron chi connectivity index (χ1n) is 9.22. The van der Waals surface area contributed by atoms with Crippen LogP contribution in [0.4, 0.5) is 5.13 Å². The van der Waals surface area contributed by atoms with Crippen LogP contribution in [-0.2, 0) is 11.2 Å². The normalized spacial score (nSPS) is 15.0. The fraction of sp³-hybridized carbons (Fsp3) is 0.526. The monoisotopic (exact) mass is 390 g/mol. The summed E-state index contributed by atoms with van der Waals surface area (Å²) in [6.45, 7) is 0.826. The van der Waals surface area contributed by atoms with Crippen molar-refractivity contribution in [2.45, 2.75) is 48.9 Å². The molecule has 1 N–H and O–H groups in total. The minimum absolute atomic E-state index is 0.190. The Kier molecular flexibility index (Phi) is 7.32. The SMILES string of the molecule is CN(C(=O)CSc1nnc(NCCc2ccccc2)s1)C1CCCCC1. The van der Waals surface area contributed by atoms with Gasteiger partial charge in [-0.1, -0.05) is 72.7 Å². The highest BCUT2D eigenvalue weighted by molar-refractivity contribution is 8.01. The number of benzene rings is 1. The molecule has 1 aromatic carbocycles. The molecule has 1 fully saturated rings. The molecule has 0 unspecified atom stereocenters. The number of aromatic nitrogens is 2. The second kappa shape index (κ2) is 9.92. The predicted molar refractivity (Wildman–Crippen MR) is 109 cm³/mol. The van der Waals surface area contributed by atoms with Crippen molar-refractivity contribution >= 4 is 34.1 Å². The van der Waals surface area contributed by atoms with Crippen LogP contribution in [0.5, 0.6) is 0 Å². The van der Waals surface area contributed by atoms with Gasteiger partial charge in [-0.2, -0.15) is 0 Å². The van der Waals surface area contributed by atoms with E-state index in [9.17, 15) is 4.79 Å². The Morgan fingerprint density at radius 3 is 2.77 bits per heavy atom. The largest absolute Gasteiger partial charge is 0.360 e. The molecule has 0 spiro atoms. The standard InChI is InChI=1S/C19H26N4OS2/c1-23(16-10-6-3-7-11-16)17(24)14-25-19-22-21-18(26-19)20-13-12-15-8-4-2-5-9-15/h2,4-5,8-9,16H,3,6-7,10-14H2,1H3,(H,20,21). The van der Waals surface area contributed by atoms with Crippen LogP contribution in [0.2, 0.25) is 0 Å². The van der Waals surface area contributed by atoms with Gasteiger partial charge in [0.2, 0.25) is 11.0 Å². The van der Waals surface area contributed by atoms with Crippen LogP contribution >= 0.6 is 23.1 Å². The Labute approximate surface area is 163 Å². The average Bonchev–Trinajstić information content (AvgIpc) is 3.15. The second-order valence-electron chi connectivity index (χ2n) is 6.62. The second-order valence-corrected chi connectivity index (χ2v) is 8.82. The molecule has 0 atom stereocenters. The molecule has 26 heavy (non-hydrogen) atoms. The van der Waals surface area contributed by atoms with E-state index >= 15 is 0 Å². The molecular weight excluding hydrogens is 364 g/mol. The molecule has 1 heterocycles. The van der Waals surface area contributed by atoms with Gasteiger partial charge in [0.15, 0.2) is 4.34 Å². The van der Waals surface area contributed by atoms with Gasteiger partial charge in [0.05, 0.1) is 5.75 Å². The maximum Gasteiger partial charge on any atom is 0.233 e. The van der Waals surface area contributed by atoms with E-state index in [4.69, 9.17) is 0 Å². The van der Waals surface area contributed by atoms with Crippen LogP contribution in [0.15, 0.2) is 34.7 Å². The highest BCUT2D eigenvalue weighted by Crippen LogP contribution is 2.27. The number of anilines is 1. The Balaban J connectivity index is 1.39. The van der Waals surface area contributed by atoms with Gasteiger partial charge in [-0.3, -0.25) is 4.79 Å². The quantitative estimate of drug-likeness (QED) is 0.689. The molecule has 0 bridgehead atoms. The van der Waals surface area contributed by atoms with Crippen LogP contribution in [0.3, 0.4) is 0 Å². The fourth-order valence-electron chi connectivity index (χ4n) is 3.20. The van der Waals surface area contributed by atoms with E-state index in [1.165, 1.54) is 47.9 Å². The van der Waals surface area contributed by atoms with E-state index in [-0.39, 0.29) is 5.91 Å². The van der Waals surface area contributed by atoms with Gasteiger partial charge in [0, 0.05) is 19.6 Å². The molecule has 140 valence electrons. The number of nitrogens with one attached hydrogen (secondary N) is 1. The molecular formula is C19H26N4OS2. The molecule has 1 aromatic heterocycles. The van der Waals surface area contributed by atoms with E-state index in [2.05, 4.69) is 39.8 Å². The molecule has 0 saturated heterocycles. The third-order valence-corrected chi connectivity index (χ3v) is 6.77. The number of carbonyl (C=O) groups is 1. The molecule has 1 amide bonds. The van der Waals surface area contributed by atoms with Gasteiger partial charge in [-0.15, -0.1) is 10.2 Å². The summed E-state index contributed by atoms with van der Waals surface area (Å²) in [5, 5.41) is 12.5. The fourth-order valence-corrected chi connectivity index (χ4v) is 4.90. The molecule has 0 aliphatic heterocycles. The molecule has 7 heteroatoms.